The van der Waals surface area contributed by atoms with Gasteiger partial charge in [0.2, 0.25) is 11.8 Å². The van der Waals surface area contributed by atoms with Crippen LogP contribution in [0, 0.1) is 13.8 Å². The normalized spacial score (nSPS) is 11.3. The van der Waals surface area contributed by atoms with E-state index in [4.69, 9.17) is 8.94 Å². The lowest BCUT2D eigenvalue weighted by molar-refractivity contribution is 0.0951. The standard InChI is InChI=1S/C28H24N4O5S/c1-18-19(2)31-37-27(18)32-38(34,35)25-11-7-6-10-24(25)23-13-12-21(28-29-14-15-36-28)16-22(23)17-30-26(33)20-8-4-3-5-9-20/h3-16,32H,17H2,1-2H3,(H,30,33). The number of amides is 1. The van der Waals surface area contributed by atoms with Gasteiger partial charge in [0.25, 0.3) is 15.9 Å². The summed E-state index contributed by atoms with van der Waals surface area (Å²) in [5.41, 5.74) is 4.16. The molecule has 5 rings (SSSR count). The third-order valence-electron chi connectivity index (χ3n) is 6.11. The van der Waals surface area contributed by atoms with Gasteiger partial charge < -0.3 is 14.3 Å². The van der Waals surface area contributed by atoms with Gasteiger partial charge in [0.1, 0.15) is 6.26 Å². The fraction of sp³-hybridized carbons (Fsp3) is 0.107. The SMILES string of the molecule is Cc1noc(NS(=O)(=O)c2ccccc2-c2ccc(-c3ncco3)cc2CNC(=O)c2ccccc2)c1C. The third kappa shape index (κ3) is 5.07. The monoisotopic (exact) mass is 528 g/mol. The van der Waals surface area contributed by atoms with E-state index < -0.39 is 10.0 Å². The van der Waals surface area contributed by atoms with E-state index in [1.165, 1.54) is 12.3 Å². The molecule has 0 unspecified atom stereocenters. The van der Waals surface area contributed by atoms with Gasteiger partial charge in [-0.1, -0.05) is 47.6 Å². The molecule has 3 aromatic carbocycles. The highest BCUT2D eigenvalue weighted by Gasteiger charge is 2.24. The molecule has 9 nitrogen and oxygen atoms in total. The first-order valence-corrected chi connectivity index (χ1v) is 13.2. The third-order valence-corrected chi connectivity index (χ3v) is 7.50. The van der Waals surface area contributed by atoms with E-state index in [9.17, 15) is 13.2 Å². The molecule has 5 aromatic rings. The Morgan fingerprint density at radius 2 is 1.71 bits per heavy atom. The number of anilines is 1. The van der Waals surface area contributed by atoms with Crippen molar-refractivity contribution in [1.82, 2.24) is 15.5 Å². The fourth-order valence-electron chi connectivity index (χ4n) is 3.98. The summed E-state index contributed by atoms with van der Waals surface area (Å²) >= 11 is 0. The molecule has 38 heavy (non-hydrogen) atoms. The minimum absolute atomic E-state index is 0.0490. The average molecular weight is 529 g/mol. The number of nitrogens with zero attached hydrogens (tertiary/aromatic N) is 2. The van der Waals surface area contributed by atoms with Gasteiger partial charge in [-0.2, -0.15) is 0 Å². The topological polar surface area (TPSA) is 127 Å². The highest BCUT2D eigenvalue weighted by atomic mass is 32.2. The zero-order valence-electron chi connectivity index (χ0n) is 20.6. The van der Waals surface area contributed by atoms with Crippen LogP contribution in [0.3, 0.4) is 0 Å². The molecule has 0 atom stereocenters. The van der Waals surface area contributed by atoms with E-state index in [0.29, 0.717) is 45.0 Å². The van der Waals surface area contributed by atoms with Crippen molar-refractivity contribution < 1.29 is 22.2 Å². The smallest absolute Gasteiger partial charge is 0.264 e. The molecule has 2 aromatic heterocycles. The molecular weight excluding hydrogens is 504 g/mol. The maximum absolute atomic E-state index is 13.5. The zero-order chi connectivity index (χ0) is 26.7. The Labute approximate surface area is 219 Å². The molecule has 0 fully saturated rings. The van der Waals surface area contributed by atoms with Crippen LogP contribution in [-0.4, -0.2) is 24.5 Å². The van der Waals surface area contributed by atoms with Crippen LogP contribution in [-0.2, 0) is 16.6 Å². The number of benzene rings is 3. The molecule has 2 N–H and O–H groups in total. The van der Waals surface area contributed by atoms with Crippen molar-refractivity contribution in [3.63, 3.8) is 0 Å². The maximum atomic E-state index is 13.5. The van der Waals surface area contributed by atoms with Gasteiger partial charge >= 0.3 is 0 Å². The molecule has 0 aliphatic rings. The number of nitrogens with one attached hydrogen (secondary N) is 2. The van der Waals surface area contributed by atoms with Crippen LogP contribution in [0.4, 0.5) is 5.88 Å². The molecule has 0 bridgehead atoms. The number of aryl methyl sites for hydroxylation is 1. The minimum atomic E-state index is -4.05. The molecule has 1 amide bonds. The Bertz CT molecular complexity index is 1690. The Kier molecular flexibility index (Phi) is 6.80. The largest absolute Gasteiger partial charge is 0.445 e. The summed E-state index contributed by atoms with van der Waals surface area (Å²) in [6, 6.07) is 20.9. The van der Waals surface area contributed by atoms with Crippen LogP contribution in [0.15, 0.2) is 99.1 Å². The molecule has 0 saturated heterocycles. The first-order chi connectivity index (χ1) is 18.3. The zero-order valence-corrected chi connectivity index (χ0v) is 21.5. The van der Waals surface area contributed by atoms with Gasteiger partial charge in [0, 0.05) is 28.8 Å². The van der Waals surface area contributed by atoms with E-state index >= 15 is 0 Å². The van der Waals surface area contributed by atoms with Crippen LogP contribution in [0.5, 0.6) is 0 Å². The van der Waals surface area contributed by atoms with Crippen LogP contribution in [0.2, 0.25) is 0 Å². The lowest BCUT2D eigenvalue weighted by Gasteiger charge is -2.16. The van der Waals surface area contributed by atoms with Gasteiger partial charge in [-0.05, 0) is 55.3 Å². The van der Waals surface area contributed by atoms with Gasteiger partial charge in [-0.3, -0.25) is 4.79 Å². The predicted molar refractivity (Wildman–Crippen MR) is 142 cm³/mol. The summed E-state index contributed by atoms with van der Waals surface area (Å²) in [5, 5.41) is 6.76. The summed E-state index contributed by atoms with van der Waals surface area (Å²) in [7, 11) is -4.05. The Morgan fingerprint density at radius 3 is 2.42 bits per heavy atom. The van der Waals surface area contributed by atoms with E-state index in [-0.39, 0.29) is 23.2 Å². The summed E-state index contributed by atoms with van der Waals surface area (Å²) < 4.78 is 40.1. The van der Waals surface area contributed by atoms with Gasteiger partial charge in [-0.15, -0.1) is 0 Å². The Balaban J connectivity index is 1.55. The quantitative estimate of drug-likeness (QED) is 0.278. The maximum Gasteiger partial charge on any atom is 0.264 e. The van der Waals surface area contributed by atoms with Crippen LogP contribution < -0.4 is 10.0 Å². The second-order valence-electron chi connectivity index (χ2n) is 8.58. The number of oxazole rings is 1. The van der Waals surface area contributed by atoms with Crippen molar-refractivity contribution in [2.45, 2.75) is 25.3 Å². The number of hydrogen-bond acceptors (Lipinski definition) is 7. The second-order valence-corrected chi connectivity index (χ2v) is 10.2. The molecule has 2 heterocycles. The number of sulfonamides is 1. The Morgan fingerprint density at radius 1 is 0.947 bits per heavy atom. The summed E-state index contributed by atoms with van der Waals surface area (Å²) in [6.07, 6.45) is 3.02. The van der Waals surface area contributed by atoms with Crippen molar-refractivity contribution in [2.75, 3.05) is 4.72 Å². The second kappa shape index (κ2) is 10.3. The van der Waals surface area contributed by atoms with Crippen LogP contribution >= 0.6 is 0 Å². The van der Waals surface area contributed by atoms with Crippen molar-refractivity contribution in [1.29, 1.82) is 0 Å². The van der Waals surface area contributed by atoms with E-state index in [0.717, 1.165) is 0 Å². The summed E-state index contributed by atoms with van der Waals surface area (Å²) in [5.74, 6) is 0.217. The highest BCUT2D eigenvalue weighted by Crippen LogP contribution is 2.34. The van der Waals surface area contributed by atoms with Gasteiger partial charge in [-0.25, -0.2) is 18.1 Å². The molecular formula is C28H24N4O5S. The number of rotatable bonds is 8. The predicted octanol–water partition coefficient (Wildman–Crippen LogP) is 5.34. The number of hydrogen-bond donors (Lipinski definition) is 2. The Hall–Kier alpha value is -4.70. The number of aromatic nitrogens is 2. The summed E-state index contributed by atoms with van der Waals surface area (Å²) in [4.78, 5) is 17.0. The first kappa shape index (κ1) is 25.0. The van der Waals surface area contributed by atoms with Crippen molar-refractivity contribution in [3.05, 3.63) is 108 Å². The fourth-order valence-corrected chi connectivity index (χ4v) is 5.25. The number of carbonyl (C=O) groups excluding carboxylic acids is 1. The molecule has 10 heteroatoms. The average Bonchev–Trinajstić information content (AvgIpc) is 3.58. The summed E-state index contributed by atoms with van der Waals surface area (Å²) in [6.45, 7) is 3.60. The van der Waals surface area contributed by atoms with E-state index in [2.05, 4.69) is 20.2 Å². The lowest BCUT2D eigenvalue weighted by Crippen LogP contribution is -2.23. The molecule has 0 radical (unpaired) electrons. The van der Waals surface area contributed by atoms with Crippen LogP contribution in [0.1, 0.15) is 27.2 Å². The van der Waals surface area contributed by atoms with Crippen molar-refractivity contribution in [2.24, 2.45) is 0 Å². The lowest BCUT2D eigenvalue weighted by atomic mass is 9.97. The molecule has 0 aliphatic carbocycles. The molecule has 0 spiro atoms. The number of carbonyl (C=O) groups is 1. The van der Waals surface area contributed by atoms with Crippen molar-refractivity contribution >= 4 is 21.8 Å². The van der Waals surface area contributed by atoms with E-state index in [1.54, 1.807) is 74.6 Å². The molecule has 0 saturated carbocycles. The molecule has 0 aliphatic heterocycles. The van der Waals surface area contributed by atoms with Gasteiger partial charge in [0.05, 0.1) is 16.8 Å². The minimum Gasteiger partial charge on any atom is -0.445 e. The van der Waals surface area contributed by atoms with E-state index in [1.807, 2.05) is 12.1 Å². The highest BCUT2D eigenvalue weighted by molar-refractivity contribution is 7.92. The van der Waals surface area contributed by atoms with Crippen LogP contribution in [0.25, 0.3) is 22.6 Å². The van der Waals surface area contributed by atoms with Gasteiger partial charge in [0.15, 0.2) is 0 Å². The van der Waals surface area contributed by atoms with Crippen molar-refractivity contribution in [3.8, 4) is 22.6 Å². The molecule has 192 valence electrons. The first-order valence-electron chi connectivity index (χ1n) is 11.7.